The molecule has 8 atom stereocenters. The number of aliphatic hydroxyl groups is 1. The molecule has 0 aromatic heterocycles. The number of ketones is 1. The summed E-state index contributed by atoms with van der Waals surface area (Å²) in [4.78, 5) is 18.4. The van der Waals surface area contributed by atoms with Gasteiger partial charge < -0.3 is 5.11 Å². The van der Waals surface area contributed by atoms with Crippen molar-refractivity contribution in [2.75, 3.05) is 6.54 Å². The quantitative estimate of drug-likeness (QED) is 0.722. The molecule has 4 aliphatic carbocycles. The van der Waals surface area contributed by atoms with Gasteiger partial charge in [-0.15, -0.1) is 0 Å². The predicted octanol–water partition coefficient (Wildman–Crippen LogP) is 4.03. The number of hydrogen-bond acceptors (Lipinski definition) is 3. The highest BCUT2D eigenvalue weighted by molar-refractivity contribution is 5.91. The molecule has 0 saturated heterocycles. The van der Waals surface area contributed by atoms with E-state index in [1.807, 2.05) is 0 Å². The highest BCUT2D eigenvalue weighted by Crippen LogP contribution is 2.70. The van der Waals surface area contributed by atoms with Crippen LogP contribution in [0.15, 0.2) is 4.99 Å². The molecule has 5 aliphatic rings. The van der Waals surface area contributed by atoms with Crippen LogP contribution in [0.3, 0.4) is 0 Å². The van der Waals surface area contributed by atoms with E-state index in [0.717, 1.165) is 32.2 Å². The van der Waals surface area contributed by atoms with Gasteiger partial charge in [-0.3, -0.25) is 9.79 Å². The summed E-state index contributed by atoms with van der Waals surface area (Å²) in [5, 5.41) is 10.3. The Bertz CT molecular complexity index is 656. The molecular formula is C22H33NO2. The average Bonchev–Trinajstić information content (AvgIpc) is 3.06. The first-order valence-electron chi connectivity index (χ1n) is 10.5. The molecule has 0 aromatic carbocycles. The molecule has 138 valence electrons. The minimum atomic E-state index is -0.165. The van der Waals surface area contributed by atoms with Crippen molar-refractivity contribution in [1.82, 2.24) is 0 Å². The van der Waals surface area contributed by atoms with E-state index in [9.17, 15) is 9.90 Å². The molecule has 1 heterocycles. The zero-order valence-corrected chi connectivity index (χ0v) is 16.1. The maximum Gasteiger partial charge on any atom is 0.137 e. The second kappa shape index (κ2) is 4.97. The minimum absolute atomic E-state index is 0.0838. The summed E-state index contributed by atoms with van der Waals surface area (Å²) in [6, 6.07) is 0. The third-order valence-corrected chi connectivity index (χ3v) is 9.90. The van der Waals surface area contributed by atoms with Gasteiger partial charge in [0.2, 0.25) is 0 Å². The van der Waals surface area contributed by atoms with Crippen LogP contribution in [-0.4, -0.2) is 29.3 Å². The molecule has 5 rings (SSSR count). The van der Waals surface area contributed by atoms with Gasteiger partial charge in [0.1, 0.15) is 5.78 Å². The topological polar surface area (TPSA) is 49.7 Å². The van der Waals surface area contributed by atoms with Crippen molar-refractivity contribution in [3.05, 3.63) is 0 Å². The van der Waals surface area contributed by atoms with Crippen molar-refractivity contribution in [2.45, 2.75) is 78.2 Å². The van der Waals surface area contributed by atoms with Crippen molar-refractivity contribution >= 4 is 11.5 Å². The third kappa shape index (κ3) is 1.86. The molecule has 0 unspecified atom stereocenters. The van der Waals surface area contributed by atoms with Crippen molar-refractivity contribution in [2.24, 2.45) is 44.9 Å². The number of aliphatic imine (C=N–C) groups is 1. The minimum Gasteiger partial charge on any atom is -0.393 e. The summed E-state index contributed by atoms with van der Waals surface area (Å²) in [5.74, 6) is 2.63. The Morgan fingerprint density at radius 1 is 1.12 bits per heavy atom. The van der Waals surface area contributed by atoms with Crippen LogP contribution in [0.25, 0.3) is 0 Å². The first-order chi connectivity index (χ1) is 11.8. The Labute approximate surface area is 151 Å². The monoisotopic (exact) mass is 343 g/mol. The van der Waals surface area contributed by atoms with E-state index in [1.165, 1.54) is 31.4 Å². The number of nitrogens with zero attached hydrogens (tertiary/aromatic N) is 1. The summed E-state index contributed by atoms with van der Waals surface area (Å²) in [6.07, 6.45) is 8.34. The Morgan fingerprint density at radius 3 is 2.72 bits per heavy atom. The summed E-state index contributed by atoms with van der Waals surface area (Å²) in [7, 11) is 0. The van der Waals surface area contributed by atoms with E-state index in [4.69, 9.17) is 4.99 Å². The van der Waals surface area contributed by atoms with Crippen LogP contribution in [-0.2, 0) is 4.79 Å². The molecule has 0 amide bonds. The summed E-state index contributed by atoms with van der Waals surface area (Å²) < 4.78 is 0. The number of hydrogen-bond donors (Lipinski definition) is 1. The SMILES string of the molecule is CC1=NC[C@]23CC(=O)[C@H]4[C@@H](CC[C@@]5(C)C[C@H](O)CC[C@]45C)[C@@H]2CC[C@H]13. The predicted molar refractivity (Wildman–Crippen MR) is 98.5 cm³/mol. The van der Waals surface area contributed by atoms with E-state index in [0.29, 0.717) is 23.5 Å². The standard InChI is InChI=1S/C22H33NO2/c1-13-16-4-5-17-15-7-8-20(2)10-14(24)6-9-21(20,3)19(15)18(25)11-22(16,17)12-23-13/h14-17,19,24H,4-12H2,1-3H3/t14-,15+,16-,17+,19-,20+,21-,22+/m1/s1. The van der Waals surface area contributed by atoms with Gasteiger partial charge in [0.05, 0.1) is 6.10 Å². The average molecular weight is 344 g/mol. The fourth-order valence-corrected chi connectivity index (χ4v) is 8.49. The van der Waals surface area contributed by atoms with Gasteiger partial charge in [-0.1, -0.05) is 13.8 Å². The maximum absolute atomic E-state index is 13.6. The molecule has 0 aromatic rings. The molecule has 1 spiro atoms. The number of carbonyl (C=O) groups excluding carboxylic acids is 1. The zero-order chi connectivity index (χ0) is 17.6. The number of fused-ring (bicyclic) bond motifs is 4. The number of carbonyl (C=O) groups is 1. The molecule has 1 aliphatic heterocycles. The van der Waals surface area contributed by atoms with Crippen molar-refractivity contribution in [1.29, 1.82) is 0 Å². The maximum atomic E-state index is 13.6. The molecule has 1 N–H and O–H groups in total. The van der Waals surface area contributed by atoms with E-state index < -0.39 is 0 Å². The smallest absolute Gasteiger partial charge is 0.137 e. The van der Waals surface area contributed by atoms with Crippen LogP contribution in [0.2, 0.25) is 0 Å². The van der Waals surface area contributed by atoms with Gasteiger partial charge in [-0.25, -0.2) is 0 Å². The fourth-order valence-electron chi connectivity index (χ4n) is 8.49. The van der Waals surface area contributed by atoms with Crippen molar-refractivity contribution in [3.8, 4) is 0 Å². The van der Waals surface area contributed by atoms with E-state index in [1.54, 1.807) is 0 Å². The van der Waals surface area contributed by atoms with Gasteiger partial charge >= 0.3 is 0 Å². The fraction of sp³-hybridized carbons (Fsp3) is 0.909. The first-order valence-corrected chi connectivity index (χ1v) is 10.5. The van der Waals surface area contributed by atoms with E-state index in [-0.39, 0.29) is 28.3 Å². The highest BCUT2D eigenvalue weighted by atomic mass is 16.3. The van der Waals surface area contributed by atoms with Crippen molar-refractivity contribution in [3.63, 3.8) is 0 Å². The second-order valence-corrected chi connectivity index (χ2v) is 10.6. The highest BCUT2D eigenvalue weighted by Gasteiger charge is 2.68. The van der Waals surface area contributed by atoms with Gasteiger partial charge in [0.15, 0.2) is 0 Å². The van der Waals surface area contributed by atoms with Crippen LogP contribution in [0.1, 0.15) is 72.1 Å². The van der Waals surface area contributed by atoms with Gasteiger partial charge in [-0.2, -0.15) is 0 Å². The molecule has 0 radical (unpaired) electrons. The van der Waals surface area contributed by atoms with Gasteiger partial charge in [0.25, 0.3) is 0 Å². The molecule has 4 saturated carbocycles. The van der Waals surface area contributed by atoms with Crippen LogP contribution in [0, 0.1) is 39.9 Å². The molecular weight excluding hydrogens is 310 g/mol. The molecule has 4 fully saturated rings. The number of Topliss-reactive ketones (excluding diaryl/α,β-unsaturated/α-hetero) is 1. The first kappa shape index (κ1) is 16.5. The lowest BCUT2D eigenvalue weighted by atomic mass is 9.40. The Balaban J connectivity index is 1.54. The van der Waals surface area contributed by atoms with Crippen LogP contribution in [0.4, 0.5) is 0 Å². The Hall–Kier alpha value is -0.700. The lowest BCUT2D eigenvalue weighted by molar-refractivity contribution is -0.179. The van der Waals surface area contributed by atoms with E-state index >= 15 is 0 Å². The van der Waals surface area contributed by atoms with Crippen LogP contribution in [0.5, 0.6) is 0 Å². The van der Waals surface area contributed by atoms with E-state index in [2.05, 4.69) is 20.8 Å². The Kier molecular flexibility index (Phi) is 3.27. The number of aliphatic hydroxyl groups excluding tert-OH is 1. The lowest BCUT2D eigenvalue weighted by Gasteiger charge is -2.64. The summed E-state index contributed by atoms with van der Waals surface area (Å²) in [5.41, 5.74) is 1.72. The molecule has 25 heavy (non-hydrogen) atoms. The van der Waals surface area contributed by atoms with Gasteiger partial charge in [0, 0.05) is 35.9 Å². The molecule has 3 nitrogen and oxygen atoms in total. The second-order valence-electron chi connectivity index (χ2n) is 10.6. The van der Waals surface area contributed by atoms with Crippen LogP contribution >= 0.6 is 0 Å². The number of rotatable bonds is 0. The Morgan fingerprint density at radius 2 is 1.92 bits per heavy atom. The lowest BCUT2D eigenvalue weighted by Crippen LogP contribution is -2.61. The van der Waals surface area contributed by atoms with Crippen LogP contribution < -0.4 is 0 Å². The summed E-state index contributed by atoms with van der Waals surface area (Å²) in [6.45, 7) is 7.87. The van der Waals surface area contributed by atoms with Gasteiger partial charge in [-0.05, 0) is 74.5 Å². The summed E-state index contributed by atoms with van der Waals surface area (Å²) >= 11 is 0. The third-order valence-electron chi connectivity index (χ3n) is 9.90. The zero-order valence-electron chi connectivity index (χ0n) is 16.1. The molecule has 0 bridgehead atoms. The normalized spacial score (nSPS) is 57.4. The van der Waals surface area contributed by atoms with Crippen molar-refractivity contribution < 1.29 is 9.90 Å². The molecule has 3 heteroatoms. The largest absolute Gasteiger partial charge is 0.393 e.